The maximum atomic E-state index is 13.1. The smallest absolute Gasteiger partial charge is 0.242 e. The van der Waals surface area contributed by atoms with E-state index in [1.165, 1.54) is 0 Å². The Bertz CT molecular complexity index is 824. The molecule has 0 aliphatic heterocycles. The maximum Gasteiger partial charge on any atom is 0.242 e. The number of nitrogens with zero attached hydrogens (tertiary/aromatic N) is 1. The molecule has 144 valence electrons. The van der Waals surface area contributed by atoms with Crippen molar-refractivity contribution in [2.24, 2.45) is 0 Å². The van der Waals surface area contributed by atoms with Crippen LogP contribution in [0.3, 0.4) is 0 Å². The molecule has 0 saturated carbocycles. The van der Waals surface area contributed by atoms with Gasteiger partial charge in [-0.05, 0) is 42.2 Å². The van der Waals surface area contributed by atoms with Crippen LogP contribution in [0, 0.1) is 6.92 Å². The minimum absolute atomic E-state index is 0.106. The van der Waals surface area contributed by atoms with Gasteiger partial charge in [-0.1, -0.05) is 60.5 Å². The molecule has 0 aliphatic rings. The Kier molecular flexibility index (Phi) is 7.69. The van der Waals surface area contributed by atoms with Gasteiger partial charge in [-0.2, -0.15) is 0 Å². The molecule has 2 aromatic carbocycles. The van der Waals surface area contributed by atoms with Crippen LogP contribution in [-0.2, 0) is 22.6 Å². The Labute approximate surface area is 170 Å². The van der Waals surface area contributed by atoms with Crippen molar-refractivity contribution in [2.75, 3.05) is 7.05 Å². The summed E-state index contributed by atoms with van der Waals surface area (Å²) in [4.78, 5) is 27.1. The molecule has 0 saturated heterocycles. The summed E-state index contributed by atoms with van der Waals surface area (Å²) < 4.78 is 0. The van der Waals surface area contributed by atoms with Gasteiger partial charge in [0.2, 0.25) is 11.8 Å². The Morgan fingerprint density at radius 2 is 1.81 bits per heavy atom. The lowest BCUT2D eigenvalue weighted by Gasteiger charge is -2.30. The van der Waals surface area contributed by atoms with Gasteiger partial charge >= 0.3 is 0 Å². The largest absolute Gasteiger partial charge is 0.357 e. The lowest BCUT2D eigenvalue weighted by molar-refractivity contribution is -0.140. The molecule has 2 aromatic rings. The van der Waals surface area contributed by atoms with E-state index in [0.717, 1.165) is 16.7 Å². The number of hydrogen-bond donors (Lipinski definition) is 1. The lowest BCUT2D eigenvalue weighted by Crippen LogP contribution is -2.48. The van der Waals surface area contributed by atoms with Crippen LogP contribution in [0.2, 0.25) is 10.0 Å². The molecule has 1 N–H and O–H groups in total. The van der Waals surface area contributed by atoms with E-state index in [9.17, 15) is 9.59 Å². The number of carbonyl (C=O) groups excluding carboxylic acids is 2. The second-order valence-corrected chi connectivity index (χ2v) is 7.23. The van der Waals surface area contributed by atoms with E-state index in [0.29, 0.717) is 16.5 Å². The summed E-state index contributed by atoms with van der Waals surface area (Å²) in [6.45, 7) is 4.15. The summed E-state index contributed by atoms with van der Waals surface area (Å²) in [5.74, 6) is -0.290. The van der Waals surface area contributed by atoms with Crippen molar-refractivity contribution in [1.29, 1.82) is 0 Å². The summed E-state index contributed by atoms with van der Waals surface area (Å²) >= 11 is 12.1. The van der Waals surface area contributed by atoms with Gasteiger partial charge in [0.25, 0.3) is 0 Å². The number of nitrogens with one attached hydrogen (secondary N) is 1. The highest BCUT2D eigenvalue weighted by Crippen LogP contribution is 2.24. The van der Waals surface area contributed by atoms with E-state index in [1.54, 1.807) is 24.1 Å². The first-order chi connectivity index (χ1) is 12.9. The predicted octanol–water partition coefficient (Wildman–Crippen LogP) is 4.40. The van der Waals surface area contributed by atoms with Crippen LogP contribution in [0.4, 0.5) is 0 Å². The van der Waals surface area contributed by atoms with Crippen molar-refractivity contribution in [3.05, 3.63) is 69.2 Å². The Balaban J connectivity index is 2.33. The fraction of sp³-hybridized carbons (Fsp3) is 0.333. The van der Waals surface area contributed by atoms with Gasteiger partial charge in [-0.3, -0.25) is 9.59 Å². The number of halogens is 2. The molecule has 27 heavy (non-hydrogen) atoms. The molecule has 4 nitrogen and oxygen atoms in total. The third-order valence-electron chi connectivity index (χ3n) is 4.57. The van der Waals surface area contributed by atoms with Gasteiger partial charge in [-0.15, -0.1) is 0 Å². The first-order valence-corrected chi connectivity index (χ1v) is 9.62. The normalized spacial score (nSPS) is 11.7. The number of amides is 2. The van der Waals surface area contributed by atoms with E-state index in [4.69, 9.17) is 23.2 Å². The zero-order valence-electron chi connectivity index (χ0n) is 15.8. The fourth-order valence-corrected chi connectivity index (χ4v) is 3.31. The highest BCUT2D eigenvalue weighted by molar-refractivity contribution is 6.42. The van der Waals surface area contributed by atoms with E-state index < -0.39 is 6.04 Å². The summed E-state index contributed by atoms with van der Waals surface area (Å²) in [6, 6.07) is 12.5. The number of aryl methyl sites for hydroxylation is 1. The van der Waals surface area contributed by atoms with Crippen molar-refractivity contribution in [1.82, 2.24) is 10.2 Å². The van der Waals surface area contributed by atoms with Crippen molar-refractivity contribution in [3.8, 4) is 0 Å². The first-order valence-electron chi connectivity index (χ1n) is 8.86. The van der Waals surface area contributed by atoms with Gasteiger partial charge in [0.1, 0.15) is 6.04 Å². The molecule has 2 amide bonds. The zero-order chi connectivity index (χ0) is 20.0. The standard InChI is InChI=1S/C21H24Cl2N2O2/c1-4-19(21(27)24-3)25(13-15-9-10-17(22)18(23)11-15)20(26)12-16-8-6-5-7-14(16)2/h5-11,19H,4,12-13H2,1-3H3,(H,24,27)/t19-/m0/s1. The summed E-state index contributed by atoms with van der Waals surface area (Å²) in [5.41, 5.74) is 2.83. The molecule has 0 unspecified atom stereocenters. The van der Waals surface area contributed by atoms with Crippen LogP contribution >= 0.6 is 23.2 Å². The monoisotopic (exact) mass is 406 g/mol. The Morgan fingerprint density at radius 3 is 2.41 bits per heavy atom. The third-order valence-corrected chi connectivity index (χ3v) is 5.31. The minimum Gasteiger partial charge on any atom is -0.357 e. The average Bonchev–Trinajstić information content (AvgIpc) is 2.65. The first kappa shape index (κ1) is 21.3. The molecule has 0 aromatic heterocycles. The lowest BCUT2D eigenvalue weighted by atomic mass is 10.0. The predicted molar refractivity (Wildman–Crippen MR) is 110 cm³/mol. The van der Waals surface area contributed by atoms with Crippen LogP contribution in [-0.4, -0.2) is 29.8 Å². The van der Waals surface area contributed by atoms with Gasteiger partial charge in [0, 0.05) is 13.6 Å². The van der Waals surface area contributed by atoms with E-state index in [-0.39, 0.29) is 24.8 Å². The van der Waals surface area contributed by atoms with Crippen molar-refractivity contribution >= 4 is 35.0 Å². The molecule has 0 heterocycles. The SMILES string of the molecule is CC[C@@H](C(=O)NC)N(Cc1ccc(Cl)c(Cl)c1)C(=O)Cc1ccccc1C. The maximum absolute atomic E-state index is 13.1. The van der Waals surface area contributed by atoms with Gasteiger partial charge in [-0.25, -0.2) is 0 Å². The molecule has 0 spiro atoms. The summed E-state index contributed by atoms with van der Waals surface area (Å²) in [6.07, 6.45) is 0.752. The van der Waals surface area contributed by atoms with Crippen LogP contribution < -0.4 is 5.32 Å². The number of benzene rings is 2. The number of carbonyl (C=O) groups is 2. The Hall–Kier alpha value is -2.04. The van der Waals surface area contributed by atoms with Crippen molar-refractivity contribution < 1.29 is 9.59 Å². The third kappa shape index (κ3) is 5.47. The van der Waals surface area contributed by atoms with Crippen LogP contribution in [0.5, 0.6) is 0 Å². The van der Waals surface area contributed by atoms with Crippen LogP contribution in [0.15, 0.2) is 42.5 Å². The summed E-state index contributed by atoms with van der Waals surface area (Å²) in [7, 11) is 1.58. The fourth-order valence-electron chi connectivity index (χ4n) is 2.99. The van der Waals surface area contributed by atoms with E-state index >= 15 is 0 Å². The number of hydrogen-bond acceptors (Lipinski definition) is 2. The van der Waals surface area contributed by atoms with Crippen LogP contribution in [0.1, 0.15) is 30.0 Å². The number of likely N-dealkylation sites (N-methyl/N-ethyl adjacent to an activating group) is 1. The van der Waals surface area contributed by atoms with Gasteiger partial charge in [0.05, 0.1) is 16.5 Å². The van der Waals surface area contributed by atoms with Crippen molar-refractivity contribution in [3.63, 3.8) is 0 Å². The molecule has 1 atom stereocenters. The molecule has 0 bridgehead atoms. The molecule has 0 fully saturated rings. The molecule has 6 heteroatoms. The van der Waals surface area contributed by atoms with Gasteiger partial charge in [0.15, 0.2) is 0 Å². The second-order valence-electron chi connectivity index (χ2n) is 6.41. The topological polar surface area (TPSA) is 49.4 Å². The highest BCUT2D eigenvalue weighted by Gasteiger charge is 2.28. The molecule has 2 rings (SSSR count). The summed E-state index contributed by atoms with van der Waals surface area (Å²) in [5, 5.41) is 3.53. The van der Waals surface area contributed by atoms with Gasteiger partial charge < -0.3 is 10.2 Å². The van der Waals surface area contributed by atoms with Crippen LogP contribution in [0.25, 0.3) is 0 Å². The van der Waals surface area contributed by atoms with Crippen molar-refractivity contribution in [2.45, 2.75) is 39.3 Å². The molecule has 0 aliphatic carbocycles. The van der Waals surface area contributed by atoms with E-state index in [2.05, 4.69) is 5.32 Å². The van der Waals surface area contributed by atoms with E-state index in [1.807, 2.05) is 44.2 Å². The second kappa shape index (κ2) is 9.77. The minimum atomic E-state index is -0.555. The molecular weight excluding hydrogens is 383 g/mol. The number of rotatable bonds is 7. The zero-order valence-corrected chi connectivity index (χ0v) is 17.3. The molecular formula is C21H24Cl2N2O2. The Morgan fingerprint density at radius 1 is 1.11 bits per heavy atom. The average molecular weight is 407 g/mol. The molecule has 0 radical (unpaired) electrons. The highest BCUT2D eigenvalue weighted by atomic mass is 35.5. The quantitative estimate of drug-likeness (QED) is 0.740.